The Hall–Kier alpha value is -3.70. The van der Waals surface area contributed by atoms with Gasteiger partial charge in [0.05, 0.1) is 28.0 Å². The molecule has 4 aromatic rings. The van der Waals surface area contributed by atoms with Crippen LogP contribution >= 0.6 is 0 Å². The molecule has 5 N–H and O–H groups in total. The number of fused-ring (bicyclic) bond motifs is 4. The Balaban J connectivity index is 1.34. The van der Waals surface area contributed by atoms with Gasteiger partial charge >= 0.3 is 6.03 Å². The van der Waals surface area contributed by atoms with Crippen molar-refractivity contribution in [1.82, 2.24) is 30.3 Å². The molecule has 4 unspecified atom stereocenters. The molecule has 11 heteroatoms. The Bertz CT molecular complexity index is 1760. The molecular weight excluding hydrogens is 550 g/mol. The Morgan fingerprint density at radius 1 is 1.07 bits per heavy atom. The fourth-order valence-corrected chi connectivity index (χ4v) is 7.47. The van der Waals surface area contributed by atoms with Crippen molar-refractivity contribution in [2.75, 3.05) is 11.9 Å². The Labute approximate surface area is 245 Å². The van der Waals surface area contributed by atoms with Crippen LogP contribution in [-0.2, 0) is 10.0 Å². The molecule has 0 spiro atoms. The van der Waals surface area contributed by atoms with E-state index in [1.807, 2.05) is 50.4 Å². The highest BCUT2D eigenvalue weighted by molar-refractivity contribution is 7.89. The zero-order valence-electron chi connectivity index (χ0n) is 24.1. The molecule has 7 rings (SSSR count). The third-order valence-electron chi connectivity index (χ3n) is 8.67. The maximum atomic E-state index is 13.8. The zero-order chi connectivity index (χ0) is 29.2. The molecule has 2 saturated carbocycles. The average Bonchev–Trinajstić information content (AvgIpc) is 3.85. The maximum absolute atomic E-state index is 13.8. The number of urea groups is 1. The maximum Gasteiger partial charge on any atom is 0.315 e. The van der Waals surface area contributed by atoms with Crippen molar-refractivity contribution in [3.05, 3.63) is 59.4 Å². The molecule has 0 bridgehead atoms. The van der Waals surface area contributed by atoms with E-state index >= 15 is 0 Å². The summed E-state index contributed by atoms with van der Waals surface area (Å²) in [7, 11) is -3.83. The summed E-state index contributed by atoms with van der Waals surface area (Å²) in [5, 5.41) is 11.2. The van der Waals surface area contributed by atoms with Crippen LogP contribution in [0, 0.1) is 11.8 Å². The number of rotatable bonds is 9. The molecule has 0 aliphatic heterocycles. The van der Waals surface area contributed by atoms with Gasteiger partial charge in [0.25, 0.3) is 0 Å². The molecule has 3 aliphatic carbocycles. The van der Waals surface area contributed by atoms with E-state index in [0.717, 1.165) is 52.5 Å². The van der Waals surface area contributed by atoms with Crippen molar-refractivity contribution in [2.24, 2.45) is 11.8 Å². The number of hydrogen-bond acceptors (Lipinski definition) is 6. The van der Waals surface area contributed by atoms with Gasteiger partial charge in [-0.25, -0.2) is 22.9 Å². The van der Waals surface area contributed by atoms with E-state index in [9.17, 15) is 13.2 Å². The summed E-state index contributed by atoms with van der Waals surface area (Å²) in [6, 6.07) is 10.9. The van der Waals surface area contributed by atoms with E-state index < -0.39 is 16.1 Å². The van der Waals surface area contributed by atoms with Gasteiger partial charge in [0, 0.05) is 41.2 Å². The van der Waals surface area contributed by atoms with Crippen LogP contribution in [0.5, 0.6) is 0 Å². The number of nitrogens with one attached hydrogen (secondary N) is 5. The summed E-state index contributed by atoms with van der Waals surface area (Å²) in [5.74, 6) is 1.61. The van der Waals surface area contributed by atoms with Gasteiger partial charge in [-0.15, -0.1) is 0 Å². The van der Waals surface area contributed by atoms with Crippen LogP contribution in [0.15, 0.2) is 47.5 Å². The van der Waals surface area contributed by atoms with Gasteiger partial charge in [-0.3, -0.25) is 4.98 Å². The van der Waals surface area contributed by atoms with E-state index in [-0.39, 0.29) is 28.9 Å². The number of H-pyrrole nitrogens is 1. The summed E-state index contributed by atoms with van der Waals surface area (Å²) in [5.41, 5.74) is 4.41. The Morgan fingerprint density at radius 3 is 2.57 bits per heavy atom. The van der Waals surface area contributed by atoms with Gasteiger partial charge in [-0.05, 0) is 72.9 Å². The first-order valence-electron chi connectivity index (χ1n) is 14.9. The molecule has 0 saturated heterocycles. The van der Waals surface area contributed by atoms with Crippen LogP contribution in [0.3, 0.4) is 0 Å². The van der Waals surface area contributed by atoms with Crippen molar-refractivity contribution < 1.29 is 13.2 Å². The van der Waals surface area contributed by atoms with Gasteiger partial charge < -0.3 is 20.9 Å². The van der Waals surface area contributed by atoms with Gasteiger partial charge in [-0.2, -0.15) is 0 Å². The quantitative estimate of drug-likeness (QED) is 0.182. The number of aromatic amines is 1. The minimum Gasteiger partial charge on any atom is -0.349 e. The molecule has 0 radical (unpaired) electrons. The normalized spacial score (nSPS) is 23.3. The molecular formula is C31H37N7O3S. The lowest BCUT2D eigenvalue weighted by atomic mass is 9.98. The number of pyridine rings is 1. The second kappa shape index (κ2) is 10.2. The topological polar surface area (TPSA) is 141 Å². The van der Waals surface area contributed by atoms with Gasteiger partial charge in [0.1, 0.15) is 0 Å². The standard InChI is InChI=1S/C31H37N7O3S/c1-16(2)14-33-42(40,41)28-12-20-26(38-31(39)37-24-10-17(24)3)13-27(36-30-34-22-6-4-5-7-23(22)35-30)29(20)21-15-32-25(11-19(21)28)18-8-9-18/h4-7,11-12,15-18,24,26-27,33H,8-10,13-14H2,1-3H3,(H2,34,35,36)(H2,37,38,39). The molecule has 3 aliphatic rings. The number of benzene rings is 2. The van der Waals surface area contributed by atoms with E-state index in [2.05, 4.69) is 32.6 Å². The largest absolute Gasteiger partial charge is 0.349 e. The van der Waals surface area contributed by atoms with Crippen molar-refractivity contribution in [2.45, 2.75) is 75.4 Å². The molecule has 10 nitrogen and oxygen atoms in total. The highest BCUT2D eigenvalue weighted by atomic mass is 32.2. The lowest BCUT2D eigenvalue weighted by molar-refractivity contribution is 0.236. The predicted molar refractivity (Wildman–Crippen MR) is 163 cm³/mol. The number of imidazole rings is 1. The van der Waals surface area contributed by atoms with Gasteiger partial charge in [0.2, 0.25) is 16.0 Å². The number of carbonyl (C=O) groups is 1. The molecule has 4 atom stereocenters. The van der Waals surface area contributed by atoms with E-state index in [0.29, 0.717) is 36.1 Å². The first kappa shape index (κ1) is 27.2. The fraction of sp³-hybridized carbons (Fsp3) is 0.452. The van der Waals surface area contributed by atoms with Crippen molar-refractivity contribution >= 4 is 43.8 Å². The van der Waals surface area contributed by atoms with Crippen LogP contribution in [0.4, 0.5) is 10.7 Å². The number of anilines is 1. The highest BCUT2D eigenvalue weighted by Gasteiger charge is 2.39. The van der Waals surface area contributed by atoms with Crippen molar-refractivity contribution in [3.8, 4) is 0 Å². The summed E-state index contributed by atoms with van der Waals surface area (Å²) in [6.07, 6.45) is 5.45. The third kappa shape index (κ3) is 5.20. The van der Waals surface area contributed by atoms with E-state index in [1.54, 1.807) is 6.07 Å². The lowest BCUT2D eigenvalue weighted by Crippen LogP contribution is -2.39. The monoisotopic (exact) mass is 587 g/mol. The van der Waals surface area contributed by atoms with E-state index in [4.69, 9.17) is 9.97 Å². The smallest absolute Gasteiger partial charge is 0.315 e. The summed E-state index contributed by atoms with van der Waals surface area (Å²) in [6.45, 7) is 6.40. The summed E-state index contributed by atoms with van der Waals surface area (Å²) < 4.78 is 30.4. The van der Waals surface area contributed by atoms with Crippen LogP contribution in [-0.4, -0.2) is 42.0 Å². The SMILES string of the molecule is CC(C)CNS(=O)(=O)c1cc2c(c3cnc(C4CC4)cc13)C(Nc1nc3ccccc3[nH]1)CC2NC(=O)NC1CC1C. The van der Waals surface area contributed by atoms with Crippen LogP contribution < -0.4 is 20.7 Å². The lowest BCUT2D eigenvalue weighted by Gasteiger charge is -2.19. The van der Waals surface area contributed by atoms with Crippen molar-refractivity contribution in [1.29, 1.82) is 0 Å². The molecule has 2 fully saturated rings. The zero-order valence-corrected chi connectivity index (χ0v) is 24.9. The Kier molecular flexibility index (Phi) is 6.62. The minimum absolute atomic E-state index is 0.157. The number of nitrogens with zero attached hydrogens (tertiary/aromatic N) is 2. The van der Waals surface area contributed by atoms with E-state index in [1.165, 1.54) is 0 Å². The molecule has 42 heavy (non-hydrogen) atoms. The molecule has 220 valence electrons. The number of hydrogen-bond donors (Lipinski definition) is 5. The highest BCUT2D eigenvalue weighted by Crippen LogP contribution is 2.47. The summed E-state index contributed by atoms with van der Waals surface area (Å²) in [4.78, 5) is 26.1. The van der Waals surface area contributed by atoms with Crippen LogP contribution in [0.25, 0.3) is 21.8 Å². The second-order valence-electron chi connectivity index (χ2n) is 12.6. The number of carbonyl (C=O) groups excluding carboxylic acids is 1. The minimum atomic E-state index is -3.83. The summed E-state index contributed by atoms with van der Waals surface area (Å²) >= 11 is 0. The predicted octanol–water partition coefficient (Wildman–Crippen LogP) is 5.23. The number of aromatic nitrogens is 3. The molecule has 2 aromatic carbocycles. The van der Waals surface area contributed by atoms with Crippen molar-refractivity contribution in [3.63, 3.8) is 0 Å². The first-order chi connectivity index (χ1) is 20.2. The van der Waals surface area contributed by atoms with Gasteiger partial charge in [0.15, 0.2) is 0 Å². The second-order valence-corrected chi connectivity index (χ2v) is 14.3. The molecule has 2 heterocycles. The number of sulfonamides is 1. The number of para-hydroxylation sites is 2. The first-order valence-corrected chi connectivity index (χ1v) is 16.4. The third-order valence-corrected chi connectivity index (χ3v) is 10.1. The fourth-order valence-electron chi connectivity index (χ4n) is 6.02. The van der Waals surface area contributed by atoms with Crippen LogP contribution in [0.1, 0.15) is 81.3 Å². The molecule has 2 aromatic heterocycles. The molecule has 2 amide bonds. The number of amides is 2. The van der Waals surface area contributed by atoms with Gasteiger partial charge in [-0.1, -0.05) is 32.9 Å². The average molecular weight is 588 g/mol. The Morgan fingerprint density at radius 2 is 1.86 bits per heavy atom. The van der Waals surface area contributed by atoms with Crippen LogP contribution in [0.2, 0.25) is 0 Å².